The van der Waals surface area contributed by atoms with E-state index in [4.69, 9.17) is 17.0 Å². The Labute approximate surface area is 162 Å². The molecule has 0 saturated heterocycles. The van der Waals surface area contributed by atoms with Crippen LogP contribution in [0.5, 0.6) is 5.75 Å². The van der Waals surface area contributed by atoms with Gasteiger partial charge in [0, 0.05) is 18.7 Å². The number of aromatic nitrogens is 2. The molecule has 1 aliphatic heterocycles. The molecule has 7 heteroatoms. The minimum absolute atomic E-state index is 0.185. The minimum atomic E-state index is -0.266. The molecule has 0 fully saturated rings. The maximum atomic E-state index is 13.4. The number of imidazole rings is 1. The molecule has 1 atom stereocenters. The number of hydrogen-bond donors (Lipinski definition) is 2. The fraction of sp³-hybridized carbons (Fsp3) is 0.200. The molecule has 1 aliphatic rings. The lowest BCUT2D eigenvalue weighted by Crippen LogP contribution is -2.43. The topological polar surface area (TPSA) is 53.2 Å². The van der Waals surface area contributed by atoms with Crippen LogP contribution in [0.15, 0.2) is 54.9 Å². The fourth-order valence-electron chi connectivity index (χ4n) is 3.41. The monoisotopic (exact) mass is 382 g/mol. The summed E-state index contributed by atoms with van der Waals surface area (Å²) in [6, 6.07) is 13.9. The largest absolute Gasteiger partial charge is 0.495 e. The van der Waals surface area contributed by atoms with Crippen LogP contribution in [0.2, 0.25) is 0 Å². The zero-order chi connectivity index (χ0) is 18.8. The van der Waals surface area contributed by atoms with E-state index in [2.05, 4.69) is 20.2 Å². The summed E-state index contributed by atoms with van der Waals surface area (Å²) in [4.78, 5) is 9.79. The van der Waals surface area contributed by atoms with Crippen LogP contribution in [-0.2, 0) is 6.42 Å². The van der Waals surface area contributed by atoms with Crippen molar-refractivity contribution in [3.8, 4) is 5.75 Å². The van der Waals surface area contributed by atoms with Crippen LogP contribution in [0, 0.1) is 5.82 Å². The van der Waals surface area contributed by atoms with Crippen molar-refractivity contribution in [2.24, 2.45) is 0 Å². The van der Waals surface area contributed by atoms with E-state index >= 15 is 0 Å². The number of fused-ring (bicyclic) bond motifs is 1. The molecule has 0 aliphatic carbocycles. The summed E-state index contributed by atoms with van der Waals surface area (Å²) >= 11 is 5.72. The molecule has 5 nitrogen and oxygen atoms in total. The molecule has 0 radical (unpaired) electrons. The molecule has 0 spiro atoms. The third-order valence-corrected chi connectivity index (χ3v) is 5.06. The van der Waals surface area contributed by atoms with Gasteiger partial charge in [-0.15, -0.1) is 0 Å². The van der Waals surface area contributed by atoms with Gasteiger partial charge in [-0.2, -0.15) is 0 Å². The van der Waals surface area contributed by atoms with E-state index in [-0.39, 0.29) is 11.9 Å². The van der Waals surface area contributed by atoms with Crippen molar-refractivity contribution in [1.29, 1.82) is 0 Å². The molecule has 27 heavy (non-hydrogen) atoms. The number of aromatic amines is 1. The zero-order valence-electron chi connectivity index (χ0n) is 14.8. The van der Waals surface area contributed by atoms with Crippen molar-refractivity contribution in [3.05, 3.63) is 77.6 Å². The Hall–Kier alpha value is -2.93. The van der Waals surface area contributed by atoms with Gasteiger partial charge in [0.25, 0.3) is 0 Å². The standard InChI is InChI=1S/C20H19FN4OS/c1-26-17-5-3-2-4-15(17)24-20(27)25-11-10-16-18(23-12-22-16)19(25)13-6-8-14(21)9-7-13/h2-9,12,19H,10-11H2,1H3,(H,22,23)(H,24,27)/t19-/m0/s1. The maximum Gasteiger partial charge on any atom is 0.174 e. The van der Waals surface area contributed by atoms with Crippen LogP contribution in [0.4, 0.5) is 10.1 Å². The number of anilines is 1. The molecule has 4 rings (SSSR count). The smallest absolute Gasteiger partial charge is 0.174 e. The summed E-state index contributed by atoms with van der Waals surface area (Å²) in [6.07, 6.45) is 2.50. The van der Waals surface area contributed by atoms with Crippen LogP contribution in [0.3, 0.4) is 0 Å². The average molecular weight is 382 g/mol. The molecule has 2 heterocycles. The van der Waals surface area contributed by atoms with E-state index in [1.54, 1.807) is 25.6 Å². The first-order chi connectivity index (χ1) is 13.2. The normalized spacial score (nSPS) is 15.9. The van der Waals surface area contributed by atoms with Crippen molar-refractivity contribution >= 4 is 23.0 Å². The summed E-state index contributed by atoms with van der Waals surface area (Å²) in [5.74, 6) is 0.453. The van der Waals surface area contributed by atoms with Gasteiger partial charge in [-0.25, -0.2) is 9.37 Å². The second-order valence-corrected chi connectivity index (χ2v) is 6.68. The van der Waals surface area contributed by atoms with Crippen LogP contribution >= 0.6 is 12.2 Å². The molecule has 2 aromatic carbocycles. The third-order valence-electron chi connectivity index (χ3n) is 4.72. The highest BCUT2D eigenvalue weighted by atomic mass is 32.1. The van der Waals surface area contributed by atoms with Gasteiger partial charge >= 0.3 is 0 Å². The van der Waals surface area contributed by atoms with Crippen LogP contribution in [0.25, 0.3) is 0 Å². The fourth-order valence-corrected chi connectivity index (χ4v) is 3.72. The first kappa shape index (κ1) is 17.5. The second-order valence-electron chi connectivity index (χ2n) is 6.29. The van der Waals surface area contributed by atoms with Gasteiger partial charge in [0.05, 0.1) is 24.8 Å². The van der Waals surface area contributed by atoms with Gasteiger partial charge in [0.1, 0.15) is 17.6 Å². The SMILES string of the molecule is COc1ccccc1NC(=S)N1CCc2[nH]cnc2[C@@H]1c1ccc(F)cc1. The predicted molar refractivity (Wildman–Crippen MR) is 106 cm³/mol. The first-order valence-electron chi connectivity index (χ1n) is 8.65. The number of halogens is 1. The van der Waals surface area contributed by atoms with E-state index < -0.39 is 0 Å². The molecule has 0 amide bonds. The molecule has 0 saturated carbocycles. The number of ether oxygens (including phenoxy) is 1. The minimum Gasteiger partial charge on any atom is -0.495 e. The summed E-state index contributed by atoms with van der Waals surface area (Å²) in [5.41, 5.74) is 3.74. The van der Waals surface area contributed by atoms with Crippen molar-refractivity contribution in [2.45, 2.75) is 12.5 Å². The maximum absolute atomic E-state index is 13.4. The first-order valence-corrected chi connectivity index (χ1v) is 9.06. The highest BCUT2D eigenvalue weighted by Crippen LogP contribution is 2.34. The second kappa shape index (κ2) is 7.36. The summed E-state index contributed by atoms with van der Waals surface area (Å²) in [5, 5.41) is 3.86. The van der Waals surface area contributed by atoms with E-state index in [1.165, 1.54) is 12.1 Å². The molecule has 3 aromatic rings. The number of rotatable bonds is 3. The Morgan fingerprint density at radius 2 is 2.04 bits per heavy atom. The highest BCUT2D eigenvalue weighted by molar-refractivity contribution is 7.80. The van der Waals surface area contributed by atoms with Crippen molar-refractivity contribution in [1.82, 2.24) is 14.9 Å². The number of para-hydroxylation sites is 2. The van der Waals surface area contributed by atoms with Crippen LogP contribution in [-0.4, -0.2) is 33.6 Å². The summed E-state index contributed by atoms with van der Waals surface area (Å²) in [7, 11) is 1.63. The van der Waals surface area contributed by atoms with E-state index in [1.807, 2.05) is 24.3 Å². The Balaban J connectivity index is 1.68. The highest BCUT2D eigenvalue weighted by Gasteiger charge is 2.32. The number of nitrogens with one attached hydrogen (secondary N) is 2. The lowest BCUT2D eigenvalue weighted by Gasteiger charge is -2.37. The number of nitrogens with zero attached hydrogens (tertiary/aromatic N) is 2. The van der Waals surface area contributed by atoms with Gasteiger partial charge in [0.2, 0.25) is 0 Å². The van der Waals surface area contributed by atoms with Gasteiger partial charge in [-0.05, 0) is 42.0 Å². The van der Waals surface area contributed by atoms with Crippen LogP contribution in [0.1, 0.15) is 23.0 Å². The number of methoxy groups -OCH3 is 1. The number of hydrogen-bond acceptors (Lipinski definition) is 3. The Morgan fingerprint density at radius 1 is 1.26 bits per heavy atom. The third kappa shape index (κ3) is 3.38. The molecule has 0 bridgehead atoms. The van der Waals surface area contributed by atoms with Crippen molar-refractivity contribution in [2.75, 3.05) is 19.0 Å². The van der Waals surface area contributed by atoms with E-state index in [9.17, 15) is 4.39 Å². The zero-order valence-corrected chi connectivity index (χ0v) is 15.6. The Kier molecular flexibility index (Phi) is 4.77. The quantitative estimate of drug-likeness (QED) is 0.673. The summed E-state index contributed by atoms with van der Waals surface area (Å²) in [6.45, 7) is 0.720. The molecule has 138 valence electrons. The summed E-state index contributed by atoms with van der Waals surface area (Å²) < 4.78 is 18.8. The van der Waals surface area contributed by atoms with Crippen molar-refractivity contribution < 1.29 is 9.13 Å². The van der Waals surface area contributed by atoms with Gasteiger partial charge in [-0.3, -0.25) is 0 Å². The van der Waals surface area contributed by atoms with Gasteiger partial charge < -0.3 is 19.9 Å². The number of H-pyrrole nitrogens is 1. The molecule has 2 N–H and O–H groups in total. The van der Waals surface area contributed by atoms with Crippen molar-refractivity contribution in [3.63, 3.8) is 0 Å². The lowest BCUT2D eigenvalue weighted by atomic mass is 9.96. The number of benzene rings is 2. The Morgan fingerprint density at radius 3 is 2.81 bits per heavy atom. The predicted octanol–water partition coefficient (Wildman–Crippen LogP) is 3.90. The van der Waals surface area contributed by atoms with E-state index in [0.717, 1.165) is 41.4 Å². The number of thiocarbonyl (C=S) groups is 1. The molecule has 0 unspecified atom stereocenters. The Bertz CT molecular complexity index is 957. The average Bonchev–Trinajstić information content (AvgIpc) is 3.17. The molecular weight excluding hydrogens is 363 g/mol. The van der Waals surface area contributed by atoms with Gasteiger partial charge in [0.15, 0.2) is 5.11 Å². The van der Waals surface area contributed by atoms with Gasteiger partial charge in [-0.1, -0.05) is 24.3 Å². The molecule has 1 aromatic heterocycles. The van der Waals surface area contributed by atoms with E-state index in [0.29, 0.717) is 5.11 Å². The lowest BCUT2D eigenvalue weighted by molar-refractivity contribution is 0.336. The van der Waals surface area contributed by atoms with Crippen LogP contribution < -0.4 is 10.1 Å². The molecular formula is C20H19FN4OS.